The van der Waals surface area contributed by atoms with Crippen LogP contribution >= 0.6 is 0 Å². The summed E-state index contributed by atoms with van der Waals surface area (Å²) in [7, 11) is -1.26. The van der Waals surface area contributed by atoms with Gasteiger partial charge in [0.1, 0.15) is 5.82 Å². The summed E-state index contributed by atoms with van der Waals surface area (Å²) in [4.78, 5) is 0.495. The first-order valence-electron chi connectivity index (χ1n) is 5.74. The van der Waals surface area contributed by atoms with Crippen LogP contribution in [0.4, 0.5) is 4.39 Å². The quantitative estimate of drug-likeness (QED) is 0.853. The molecule has 2 rings (SSSR count). The summed E-state index contributed by atoms with van der Waals surface area (Å²) in [5.74, 6) is -0.0584. The Morgan fingerprint density at radius 3 is 2.78 bits per heavy atom. The predicted octanol–water partition coefficient (Wildman–Crippen LogP) is 2.91. The van der Waals surface area contributed by atoms with E-state index in [2.05, 4.69) is 5.10 Å². The average molecular weight is 266 g/mol. The van der Waals surface area contributed by atoms with Crippen molar-refractivity contribution in [3.63, 3.8) is 0 Å². The normalized spacial score (nSPS) is 12.9. The van der Waals surface area contributed by atoms with Crippen molar-refractivity contribution >= 4 is 10.8 Å². The number of benzene rings is 1. The van der Waals surface area contributed by atoms with Gasteiger partial charge in [-0.1, -0.05) is 6.07 Å². The molecule has 0 aliphatic carbocycles. The van der Waals surface area contributed by atoms with Crippen LogP contribution in [0.5, 0.6) is 0 Å². The Hall–Kier alpha value is -1.49. The van der Waals surface area contributed by atoms with Gasteiger partial charge in [0.25, 0.3) is 0 Å². The Kier molecular flexibility index (Phi) is 3.91. The molecule has 0 fully saturated rings. The molecule has 0 aliphatic heterocycles. The average Bonchev–Trinajstić information content (AvgIpc) is 2.77. The first-order valence-corrected chi connectivity index (χ1v) is 7.06. The SMILES string of the molecule is CC(C)n1ccc(CS(=O)c2cccc(F)c2)n1. The Balaban J connectivity index is 2.11. The molecule has 0 aliphatic rings. The number of aromatic nitrogens is 2. The number of hydrogen-bond donors (Lipinski definition) is 0. The monoisotopic (exact) mass is 266 g/mol. The van der Waals surface area contributed by atoms with Gasteiger partial charge in [0.2, 0.25) is 0 Å². The van der Waals surface area contributed by atoms with Crippen LogP contribution in [0.3, 0.4) is 0 Å². The highest BCUT2D eigenvalue weighted by Gasteiger charge is 2.09. The summed E-state index contributed by atoms with van der Waals surface area (Å²) in [6.45, 7) is 4.06. The van der Waals surface area contributed by atoms with Crippen LogP contribution in [0, 0.1) is 5.82 Å². The molecule has 1 heterocycles. The number of halogens is 1. The number of hydrogen-bond acceptors (Lipinski definition) is 2. The highest BCUT2D eigenvalue weighted by Crippen LogP contribution is 2.13. The zero-order valence-corrected chi connectivity index (χ0v) is 11.2. The van der Waals surface area contributed by atoms with Crippen LogP contribution in [0.25, 0.3) is 0 Å². The number of nitrogens with zero attached hydrogens (tertiary/aromatic N) is 2. The van der Waals surface area contributed by atoms with E-state index >= 15 is 0 Å². The van der Waals surface area contributed by atoms with E-state index in [1.54, 1.807) is 12.1 Å². The van der Waals surface area contributed by atoms with E-state index in [0.717, 1.165) is 5.69 Å². The lowest BCUT2D eigenvalue weighted by atomic mass is 10.4. The third-order valence-electron chi connectivity index (χ3n) is 2.53. The van der Waals surface area contributed by atoms with E-state index in [1.807, 2.05) is 30.8 Å². The maximum Gasteiger partial charge on any atom is 0.124 e. The molecule has 1 aromatic heterocycles. The molecule has 1 unspecified atom stereocenters. The van der Waals surface area contributed by atoms with Gasteiger partial charge in [-0.2, -0.15) is 5.10 Å². The van der Waals surface area contributed by atoms with Crippen molar-refractivity contribution in [3.05, 3.63) is 48.0 Å². The fraction of sp³-hybridized carbons (Fsp3) is 0.308. The number of rotatable bonds is 4. The minimum atomic E-state index is -1.26. The molecule has 0 N–H and O–H groups in total. The lowest BCUT2D eigenvalue weighted by Gasteiger charge is -2.04. The smallest absolute Gasteiger partial charge is 0.124 e. The van der Waals surface area contributed by atoms with Crippen molar-refractivity contribution in [1.29, 1.82) is 0 Å². The Labute approximate surface area is 108 Å². The second-order valence-corrected chi connectivity index (χ2v) is 5.78. The van der Waals surface area contributed by atoms with E-state index in [9.17, 15) is 8.60 Å². The third-order valence-corrected chi connectivity index (χ3v) is 3.87. The third kappa shape index (κ3) is 3.04. The van der Waals surface area contributed by atoms with Crippen molar-refractivity contribution in [3.8, 4) is 0 Å². The summed E-state index contributed by atoms with van der Waals surface area (Å²) >= 11 is 0. The van der Waals surface area contributed by atoms with E-state index in [0.29, 0.717) is 10.6 Å². The summed E-state index contributed by atoms with van der Waals surface area (Å²) in [5, 5.41) is 4.33. The summed E-state index contributed by atoms with van der Waals surface area (Å²) in [6, 6.07) is 8.00. The first kappa shape index (κ1) is 13.0. The van der Waals surface area contributed by atoms with E-state index in [-0.39, 0.29) is 11.9 Å². The maximum absolute atomic E-state index is 13.0. The standard InChI is InChI=1S/C13H15FN2OS/c1-10(2)16-7-6-12(15-16)9-18(17)13-5-3-4-11(14)8-13/h3-8,10H,9H2,1-2H3. The van der Waals surface area contributed by atoms with E-state index in [4.69, 9.17) is 0 Å². The van der Waals surface area contributed by atoms with Crippen LogP contribution in [-0.4, -0.2) is 14.0 Å². The first-order chi connectivity index (χ1) is 8.56. The zero-order valence-electron chi connectivity index (χ0n) is 10.3. The van der Waals surface area contributed by atoms with Crippen molar-refractivity contribution in [2.45, 2.75) is 30.5 Å². The van der Waals surface area contributed by atoms with Gasteiger partial charge in [0.05, 0.1) is 22.2 Å². The molecular formula is C13H15FN2OS. The molecule has 96 valence electrons. The second kappa shape index (κ2) is 5.44. The molecule has 18 heavy (non-hydrogen) atoms. The molecular weight excluding hydrogens is 251 g/mol. The Morgan fingerprint density at radius 2 is 2.17 bits per heavy atom. The molecule has 0 radical (unpaired) electrons. The van der Waals surface area contributed by atoms with Gasteiger partial charge >= 0.3 is 0 Å². The van der Waals surface area contributed by atoms with E-state index < -0.39 is 10.8 Å². The molecule has 3 nitrogen and oxygen atoms in total. The van der Waals surface area contributed by atoms with Crippen molar-refractivity contribution < 1.29 is 8.60 Å². The molecule has 1 atom stereocenters. The molecule has 0 amide bonds. The van der Waals surface area contributed by atoms with Crippen LogP contribution in [0.2, 0.25) is 0 Å². The van der Waals surface area contributed by atoms with Gasteiger partial charge in [-0.25, -0.2) is 4.39 Å². The van der Waals surface area contributed by atoms with Crippen LogP contribution in [-0.2, 0) is 16.6 Å². The fourth-order valence-corrected chi connectivity index (χ4v) is 2.63. The van der Waals surface area contributed by atoms with Gasteiger partial charge in [0, 0.05) is 17.1 Å². The minimum Gasteiger partial charge on any atom is -0.270 e. The van der Waals surface area contributed by atoms with Crippen LogP contribution in [0.15, 0.2) is 41.4 Å². The second-order valence-electron chi connectivity index (χ2n) is 4.33. The minimum absolute atomic E-state index is 0.279. The van der Waals surface area contributed by atoms with Gasteiger partial charge in [-0.15, -0.1) is 0 Å². The van der Waals surface area contributed by atoms with Gasteiger partial charge < -0.3 is 0 Å². The largest absolute Gasteiger partial charge is 0.270 e. The summed E-state index contributed by atoms with van der Waals surface area (Å²) in [5.41, 5.74) is 0.756. The van der Waals surface area contributed by atoms with Crippen LogP contribution in [0.1, 0.15) is 25.6 Å². The lowest BCUT2D eigenvalue weighted by molar-refractivity contribution is 0.528. The topological polar surface area (TPSA) is 34.9 Å². The molecule has 0 spiro atoms. The molecule has 0 saturated heterocycles. The molecule has 0 saturated carbocycles. The molecule has 2 aromatic rings. The fourth-order valence-electron chi connectivity index (χ4n) is 1.57. The van der Waals surface area contributed by atoms with Crippen molar-refractivity contribution in [2.75, 3.05) is 0 Å². The van der Waals surface area contributed by atoms with Gasteiger partial charge in [-0.05, 0) is 38.1 Å². The zero-order chi connectivity index (χ0) is 13.1. The lowest BCUT2D eigenvalue weighted by Crippen LogP contribution is -2.03. The summed E-state index contributed by atoms with van der Waals surface area (Å²) in [6.07, 6.45) is 1.86. The predicted molar refractivity (Wildman–Crippen MR) is 69.1 cm³/mol. The highest BCUT2D eigenvalue weighted by molar-refractivity contribution is 7.84. The van der Waals surface area contributed by atoms with Crippen molar-refractivity contribution in [1.82, 2.24) is 9.78 Å². The Bertz CT molecular complexity index is 566. The maximum atomic E-state index is 13.0. The highest BCUT2D eigenvalue weighted by atomic mass is 32.2. The molecule has 5 heteroatoms. The van der Waals surface area contributed by atoms with Gasteiger partial charge in [0.15, 0.2) is 0 Å². The molecule has 0 bridgehead atoms. The summed E-state index contributed by atoms with van der Waals surface area (Å²) < 4.78 is 26.9. The molecule has 1 aromatic carbocycles. The Morgan fingerprint density at radius 1 is 1.39 bits per heavy atom. The van der Waals surface area contributed by atoms with E-state index in [1.165, 1.54) is 12.1 Å². The van der Waals surface area contributed by atoms with Crippen LogP contribution < -0.4 is 0 Å². The van der Waals surface area contributed by atoms with Gasteiger partial charge in [-0.3, -0.25) is 8.89 Å². The van der Waals surface area contributed by atoms with Crippen molar-refractivity contribution in [2.24, 2.45) is 0 Å².